The fraction of sp³-hybridized carbons (Fsp3) is 0.333. The molecule has 0 aliphatic carbocycles. The maximum atomic E-state index is 11.6. The van der Waals surface area contributed by atoms with Crippen molar-refractivity contribution in [3.8, 4) is 0 Å². The lowest BCUT2D eigenvalue weighted by molar-refractivity contribution is -0.195. The Labute approximate surface area is 69.9 Å². The number of carbonyl (C=O) groups excluding carboxylic acids is 2. The van der Waals surface area contributed by atoms with Crippen molar-refractivity contribution < 1.29 is 32.2 Å². The quantitative estimate of drug-likeness (QED) is 0.574. The molecule has 0 radical (unpaired) electrons. The van der Waals surface area contributed by atoms with Crippen molar-refractivity contribution >= 4 is 11.9 Å². The van der Waals surface area contributed by atoms with Gasteiger partial charge < -0.3 is 9.47 Å². The molecule has 0 amide bonds. The highest BCUT2D eigenvalue weighted by Gasteiger charge is 2.42. The van der Waals surface area contributed by atoms with Gasteiger partial charge in [0, 0.05) is 0 Å². The summed E-state index contributed by atoms with van der Waals surface area (Å²) in [6.07, 6.45) is -4.38. The molecule has 7 heteroatoms. The van der Waals surface area contributed by atoms with E-state index in [1.165, 1.54) is 0 Å². The second kappa shape index (κ2) is 3.08. The molecule has 0 atom stereocenters. The molecule has 0 aromatic heterocycles. The Kier molecular flexibility index (Phi) is 2.26. The zero-order chi connectivity index (χ0) is 10.1. The number of esters is 2. The van der Waals surface area contributed by atoms with Crippen LogP contribution in [0, 0.1) is 0 Å². The molecule has 4 nitrogen and oxygen atoms in total. The van der Waals surface area contributed by atoms with Crippen LogP contribution in [0.2, 0.25) is 0 Å². The third-order valence-electron chi connectivity index (χ3n) is 1.09. The number of hydrogen-bond acceptors (Lipinski definition) is 4. The minimum atomic E-state index is -5.06. The zero-order valence-electron chi connectivity index (χ0n) is 6.05. The molecule has 13 heavy (non-hydrogen) atoms. The van der Waals surface area contributed by atoms with Crippen molar-refractivity contribution in [2.24, 2.45) is 0 Å². The predicted octanol–water partition coefficient (Wildman–Crippen LogP) is 0.533. The standard InChI is InChI=1S/C6H3F3O4/c7-6(8,9)5(11)13-3-1-4(10)12-2-3/h1H,2H2. The fourth-order valence-corrected chi connectivity index (χ4v) is 0.593. The van der Waals surface area contributed by atoms with E-state index >= 15 is 0 Å². The van der Waals surface area contributed by atoms with Gasteiger partial charge in [-0.3, -0.25) is 0 Å². The average Bonchev–Trinajstić information content (AvgIpc) is 2.33. The van der Waals surface area contributed by atoms with E-state index in [1.54, 1.807) is 0 Å². The van der Waals surface area contributed by atoms with Gasteiger partial charge in [-0.2, -0.15) is 13.2 Å². The van der Waals surface area contributed by atoms with Crippen LogP contribution in [-0.2, 0) is 19.1 Å². The number of alkyl halides is 3. The van der Waals surface area contributed by atoms with Crippen LogP contribution in [0.25, 0.3) is 0 Å². The summed E-state index contributed by atoms with van der Waals surface area (Å²) >= 11 is 0. The van der Waals surface area contributed by atoms with E-state index in [4.69, 9.17) is 0 Å². The smallest absolute Gasteiger partial charge is 0.454 e. The molecule has 1 aliphatic rings. The Hall–Kier alpha value is -1.53. The monoisotopic (exact) mass is 196 g/mol. The molecule has 1 rings (SSSR count). The van der Waals surface area contributed by atoms with E-state index in [0.717, 1.165) is 0 Å². The molecular weight excluding hydrogens is 193 g/mol. The molecule has 0 bridgehead atoms. The Balaban J connectivity index is 2.56. The number of hydrogen-bond donors (Lipinski definition) is 0. The second-order valence-corrected chi connectivity index (χ2v) is 2.11. The van der Waals surface area contributed by atoms with Crippen LogP contribution >= 0.6 is 0 Å². The van der Waals surface area contributed by atoms with Crippen LogP contribution < -0.4 is 0 Å². The number of cyclic esters (lactones) is 1. The maximum absolute atomic E-state index is 11.6. The minimum Gasteiger partial charge on any atom is -0.454 e. The first-order chi connectivity index (χ1) is 5.89. The first-order valence-corrected chi connectivity index (χ1v) is 3.06. The largest absolute Gasteiger partial charge is 0.491 e. The lowest BCUT2D eigenvalue weighted by Crippen LogP contribution is -2.25. The molecule has 1 heterocycles. The molecule has 0 unspecified atom stereocenters. The summed E-state index contributed by atoms with van der Waals surface area (Å²) in [5.41, 5.74) is 0. The van der Waals surface area contributed by atoms with Crippen molar-refractivity contribution in [3.05, 3.63) is 11.8 Å². The highest BCUT2D eigenvalue weighted by Crippen LogP contribution is 2.19. The van der Waals surface area contributed by atoms with Crippen LogP contribution in [0.5, 0.6) is 0 Å². The van der Waals surface area contributed by atoms with Crippen LogP contribution in [0.3, 0.4) is 0 Å². The van der Waals surface area contributed by atoms with Gasteiger partial charge >= 0.3 is 18.1 Å². The summed E-state index contributed by atoms with van der Waals surface area (Å²) in [6, 6.07) is 0. The number of ether oxygens (including phenoxy) is 2. The fourth-order valence-electron chi connectivity index (χ4n) is 0.593. The Morgan fingerprint density at radius 2 is 2.15 bits per heavy atom. The van der Waals surface area contributed by atoms with E-state index in [0.29, 0.717) is 6.08 Å². The molecule has 0 fully saturated rings. The highest BCUT2D eigenvalue weighted by atomic mass is 19.4. The number of halogens is 3. The van der Waals surface area contributed by atoms with E-state index < -0.39 is 30.5 Å². The summed E-state index contributed by atoms with van der Waals surface area (Å²) in [5.74, 6) is -3.63. The second-order valence-electron chi connectivity index (χ2n) is 2.11. The van der Waals surface area contributed by atoms with Crippen molar-refractivity contribution in [2.75, 3.05) is 6.61 Å². The predicted molar refractivity (Wildman–Crippen MR) is 31.2 cm³/mol. The van der Waals surface area contributed by atoms with E-state index in [1.807, 2.05) is 0 Å². The van der Waals surface area contributed by atoms with Gasteiger partial charge in [0.1, 0.15) is 6.61 Å². The Morgan fingerprint density at radius 3 is 2.54 bits per heavy atom. The van der Waals surface area contributed by atoms with Crippen LogP contribution in [-0.4, -0.2) is 24.7 Å². The average molecular weight is 196 g/mol. The Bertz CT molecular complexity index is 278. The molecule has 1 aliphatic heterocycles. The third-order valence-corrected chi connectivity index (χ3v) is 1.09. The zero-order valence-corrected chi connectivity index (χ0v) is 6.05. The SMILES string of the molecule is O=C1C=C(OC(=O)C(F)(F)F)CO1. The van der Waals surface area contributed by atoms with Gasteiger partial charge in [0.05, 0.1) is 6.08 Å². The van der Waals surface area contributed by atoms with Gasteiger partial charge in [0.25, 0.3) is 0 Å². The van der Waals surface area contributed by atoms with Crippen LogP contribution in [0.4, 0.5) is 13.2 Å². The first kappa shape index (κ1) is 9.56. The van der Waals surface area contributed by atoms with Crippen molar-refractivity contribution in [3.63, 3.8) is 0 Å². The first-order valence-electron chi connectivity index (χ1n) is 3.06. The van der Waals surface area contributed by atoms with Gasteiger partial charge in [-0.1, -0.05) is 0 Å². The molecule has 0 saturated heterocycles. The lowest BCUT2D eigenvalue weighted by atomic mass is 10.5. The van der Waals surface area contributed by atoms with Gasteiger partial charge in [-0.05, 0) is 0 Å². The molecular formula is C6H3F3O4. The molecule has 0 aromatic carbocycles. The normalized spacial score (nSPS) is 16.5. The topological polar surface area (TPSA) is 52.6 Å². The molecule has 0 aromatic rings. The van der Waals surface area contributed by atoms with Gasteiger partial charge in [0.2, 0.25) is 0 Å². The van der Waals surface area contributed by atoms with Gasteiger partial charge in [-0.25, -0.2) is 9.59 Å². The minimum absolute atomic E-state index is 0.438. The number of rotatable bonds is 1. The summed E-state index contributed by atoms with van der Waals surface area (Å²) in [6.45, 7) is -0.444. The van der Waals surface area contributed by atoms with E-state index in [2.05, 4.69) is 9.47 Å². The molecule has 0 N–H and O–H groups in total. The highest BCUT2D eigenvalue weighted by molar-refractivity contribution is 5.86. The van der Waals surface area contributed by atoms with E-state index in [9.17, 15) is 22.8 Å². The van der Waals surface area contributed by atoms with Crippen molar-refractivity contribution in [1.29, 1.82) is 0 Å². The third kappa shape index (κ3) is 2.46. The summed E-state index contributed by atoms with van der Waals surface area (Å²) in [5, 5.41) is 0. The molecule has 0 saturated carbocycles. The van der Waals surface area contributed by atoms with Crippen molar-refractivity contribution in [1.82, 2.24) is 0 Å². The Morgan fingerprint density at radius 1 is 1.54 bits per heavy atom. The maximum Gasteiger partial charge on any atom is 0.491 e. The summed E-state index contributed by atoms with van der Waals surface area (Å²) < 4.78 is 42.7. The summed E-state index contributed by atoms with van der Waals surface area (Å²) in [7, 11) is 0. The van der Waals surface area contributed by atoms with Gasteiger partial charge in [-0.15, -0.1) is 0 Å². The van der Waals surface area contributed by atoms with E-state index in [-0.39, 0.29) is 0 Å². The molecule has 72 valence electrons. The van der Waals surface area contributed by atoms with Crippen LogP contribution in [0.15, 0.2) is 11.8 Å². The lowest BCUT2D eigenvalue weighted by Gasteiger charge is -2.05. The summed E-state index contributed by atoms with van der Waals surface area (Å²) in [4.78, 5) is 20.5. The molecule has 0 spiro atoms. The van der Waals surface area contributed by atoms with Crippen molar-refractivity contribution in [2.45, 2.75) is 6.18 Å². The number of carbonyl (C=O) groups is 2. The van der Waals surface area contributed by atoms with Crippen LogP contribution in [0.1, 0.15) is 0 Å². The van der Waals surface area contributed by atoms with Gasteiger partial charge in [0.15, 0.2) is 5.76 Å².